The van der Waals surface area contributed by atoms with Gasteiger partial charge in [0, 0.05) is 25.3 Å². The summed E-state index contributed by atoms with van der Waals surface area (Å²) in [6.45, 7) is 4.65. The summed E-state index contributed by atoms with van der Waals surface area (Å²) in [5.41, 5.74) is 9.36. The quantitative estimate of drug-likeness (QED) is 0.302. The first kappa shape index (κ1) is 35.5. The van der Waals surface area contributed by atoms with Crippen LogP contribution in [0.15, 0.2) is 48.5 Å². The lowest BCUT2D eigenvalue weighted by atomic mass is 10.2. The Bertz CT molecular complexity index is 1430. The lowest BCUT2D eigenvalue weighted by Gasteiger charge is -2.29. The number of hydrogen-bond donors (Lipinski definition) is 4. The standard InChI is InChI=1S/C22H24FN5O2.2C2HF3O2/c1-15-11-21(28(26-15)18-4-2-3-16(12-18)14-24)22(29)25-17-5-6-20(19(23)13-17)27-7-9-30-10-8-27;2*3-2(4,5)1(6)7/h2-6,11-13H,7-10,14,24H2,1H3,(H,25,29);2*(H,6,7). The first-order valence-electron chi connectivity index (χ1n) is 12.3. The van der Waals surface area contributed by atoms with Crippen molar-refractivity contribution in [3.8, 4) is 5.69 Å². The number of benzene rings is 2. The Morgan fingerprint density at radius 1 is 0.955 bits per heavy atom. The van der Waals surface area contributed by atoms with Crippen LogP contribution in [0.25, 0.3) is 5.69 Å². The van der Waals surface area contributed by atoms with E-state index in [1.54, 1.807) is 22.9 Å². The lowest BCUT2D eigenvalue weighted by Crippen LogP contribution is -2.36. The highest BCUT2D eigenvalue weighted by Crippen LogP contribution is 2.24. The molecule has 0 bridgehead atoms. The van der Waals surface area contributed by atoms with Gasteiger partial charge >= 0.3 is 24.3 Å². The molecule has 0 unspecified atom stereocenters. The number of morpholine rings is 1. The lowest BCUT2D eigenvalue weighted by molar-refractivity contribution is -0.193. The summed E-state index contributed by atoms with van der Waals surface area (Å²) in [4.78, 5) is 32.7. The smallest absolute Gasteiger partial charge is 0.475 e. The number of carbonyl (C=O) groups excluding carboxylic acids is 1. The van der Waals surface area contributed by atoms with E-state index in [4.69, 9.17) is 30.3 Å². The van der Waals surface area contributed by atoms with Gasteiger partial charge in [-0.25, -0.2) is 18.7 Å². The average molecular weight is 638 g/mol. The number of amides is 1. The minimum atomic E-state index is -5.08. The number of halogens is 7. The number of nitrogens with zero attached hydrogens (tertiary/aromatic N) is 3. The van der Waals surface area contributed by atoms with E-state index in [1.165, 1.54) is 6.07 Å². The molecule has 3 aromatic rings. The minimum Gasteiger partial charge on any atom is -0.475 e. The van der Waals surface area contributed by atoms with Gasteiger partial charge in [-0.3, -0.25) is 4.79 Å². The van der Waals surface area contributed by atoms with Crippen LogP contribution < -0.4 is 16.0 Å². The molecular weight excluding hydrogens is 611 g/mol. The van der Waals surface area contributed by atoms with Crippen LogP contribution in [0.5, 0.6) is 0 Å². The van der Waals surface area contributed by atoms with Crippen molar-refractivity contribution in [1.29, 1.82) is 0 Å². The zero-order valence-corrected chi connectivity index (χ0v) is 22.7. The molecule has 1 amide bonds. The molecular formula is C26H26F7N5O6. The molecule has 4 rings (SSSR count). The van der Waals surface area contributed by atoms with Crippen LogP contribution in [0.1, 0.15) is 21.7 Å². The number of aryl methyl sites for hydroxylation is 1. The molecule has 18 heteroatoms. The van der Waals surface area contributed by atoms with E-state index in [1.807, 2.05) is 36.1 Å². The zero-order chi connectivity index (χ0) is 33.2. The van der Waals surface area contributed by atoms with Crippen LogP contribution >= 0.6 is 0 Å². The third-order valence-corrected chi connectivity index (χ3v) is 5.50. The van der Waals surface area contributed by atoms with E-state index in [-0.39, 0.29) is 11.7 Å². The van der Waals surface area contributed by atoms with Gasteiger partial charge in [0.05, 0.1) is 30.3 Å². The van der Waals surface area contributed by atoms with Crippen LogP contribution in [-0.2, 0) is 20.9 Å². The van der Waals surface area contributed by atoms with E-state index in [2.05, 4.69) is 10.4 Å². The van der Waals surface area contributed by atoms with Crippen LogP contribution in [-0.4, -0.2) is 76.5 Å². The summed E-state index contributed by atoms with van der Waals surface area (Å²) in [7, 11) is 0. The number of rotatable bonds is 5. The maximum absolute atomic E-state index is 14.7. The van der Waals surface area contributed by atoms with E-state index < -0.39 is 24.3 Å². The third-order valence-electron chi connectivity index (χ3n) is 5.50. The van der Waals surface area contributed by atoms with Gasteiger partial charge in [0.1, 0.15) is 11.5 Å². The number of carbonyl (C=O) groups is 3. The summed E-state index contributed by atoms with van der Waals surface area (Å²) in [6.07, 6.45) is -10.2. The van der Waals surface area contributed by atoms with Crippen molar-refractivity contribution in [2.45, 2.75) is 25.8 Å². The predicted molar refractivity (Wildman–Crippen MR) is 141 cm³/mol. The number of hydrogen-bond acceptors (Lipinski definition) is 7. The van der Waals surface area contributed by atoms with Crippen LogP contribution in [0.3, 0.4) is 0 Å². The van der Waals surface area contributed by atoms with E-state index in [9.17, 15) is 35.5 Å². The second kappa shape index (κ2) is 15.1. The molecule has 2 aromatic carbocycles. The molecule has 0 radical (unpaired) electrons. The first-order valence-corrected chi connectivity index (χ1v) is 12.3. The Morgan fingerprint density at radius 3 is 2.02 bits per heavy atom. The molecule has 0 aliphatic carbocycles. The van der Waals surface area contributed by atoms with Gasteiger partial charge in [0.25, 0.3) is 5.91 Å². The third kappa shape index (κ3) is 10.5. The largest absolute Gasteiger partial charge is 0.490 e. The zero-order valence-electron chi connectivity index (χ0n) is 22.7. The summed E-state index contributed by atoms with van der Waals surface area (Å²) in [6, 6.07) is 14.0. The van der Waals surface area contributed by atoms with Gasteiger partial charge in [-0.2, -0.15) is 31.4 Å². The highest BCUT2D eigenvalue weighted by Gasteiger charge is 2.38. The van der Waals surface area contributed by atoms with Crippen molar-refractivity contribution in [2.75, 3.05) is 36.5 Å². The number of aromatic nitrogens is 2. The van der Waals surface area contributed by atoms with E-state index in [0.717, 1.165) is 11.3 Å². The molecule has 5 N–H and O–H groups in total. The number of aliphatic carboxylic acids is 2. The molecule has 11 nitrogen and oxygen atoms in total. The number of ether oxygens (including phenoxy) is 1. The van der Waals surface area contributed by atoms with Gasteiger partial charge in [-0.1, -0.05) is 12.1 Å². The van der Waals surface area contributed by atoms with Crippen molar-refractivity contribution >= 4 is 29.2 Å². The minimum absolute atomic E-state index is 0.360. The van der Waals surface area contributed by atoms with Gasteiger partial charge in [0.15, 0.2) is 0 Å². The number of alkyl halides is 6. The van der Waals surface area contributed by atoms with Crippen LogP contribution in [0.4, 0.5) is 42.1 Å². The van der Waals surface area contributed by atoms with Crippen LogP contribution in [0, 0.1) is 12.7 Å². The highest BCUT2D eigenvalue weighted by atomic mass is 19.4. The Balaban J connectivity index is 0.000000402. The van der Waals surface area contributed by atoms with Crippen molar-refractivity contribution in [3.63, 3.8) is 0 Å². The number of nitrogens with one attached hydrogen (secondary N) is 1. The SMILES string of the molecule is Cc1cc(C(=O)Nc2ccc(N3CCOCC3)c(F)c2)n(-c2cccc(CN)c2)n1.O=C(O)C(F)(F)F.O=C(O)C(F)(F)F. The van der Waals surface area contributed by atoms with E-state index >= 15 is 0 Å². The number of nitrogens with two attached hydrogens (primary N) is 1. The van der Waals surface area contributed by atoms with E-state index in [0.29, 0.717) is 55.6 Å². The molecule has 0 spiro atoms. The molecule has 1 aliphatic rings. The fourth-order valence-electron chi connectivity index (χ4n) is 3.51. The van der Waals surface area contributed by atoms with Gasteiger partial charge < -0.3 is 30.9 Å². The molecule has 240 valence electrons. The molecule has 1 aliphatic heterocycles. The molecule has 44 heavy (non-hydrogen) atoms. The molecule has 0 atom stereocenters. The maximum atomic E-state index is 14.7. The summed E-state index contributed by atoms with van der Waals surface area (Å²) in [5, 5.41) is 21.5. The summed E-state index contributed by atoms with van der Waals surface area (Å²) >= 11 is 0. The Hall–Kier alpha value is -4.71. The second-order valence-corrected chi connectivity index (χ2v) is 8.78. The number of anilines is 2. The van der Waals surface area contributed by atoms with Gasteiger partial charge in [-0.05, 0) is 48.9 Å². The molecule has 0 saturated carbocycles. The summed E-state index contributed by atoms with van der Waals surface area (Å²) < 4.78 is 85.0. The van der Waals surface area contributed by atoms with Gasteiger partial charge in [0.2, 0.25) is 0 Å². The Kier molecular flexibility index (Phi) is 12.2. The Labute approximate surface area is 244 Å². The Morgan fingerprint density at radius 2 is 1.52 bits per heavy atom. The number of carboxylic acids is 2. The first-order chi connectivity index (χ1) is 20.4. The average Bonchev–Trinajstić information content (AvgIpc) is 3.35. The van der Waals surface area contributed by atoms with Crippen molar-refractivity contribution in [1.82, 2.24) is 9.78 Å². The van der Waals surface area contributed by atoms with Crippen molar-refractivity contribution in [2.24, 2.45) is 5.73 Å². The number of carboxylic acid groups (broad SMARTS) is 2. The van der Waals surface area contributed by atoms with Crippen molar-refractivity contribution < 1.29 is 60.1 Å². The fraction of sp³-hybridized carbons (Fsp3) is 0.308. The topological polar surface area (TPSA) is 160 Å². The fourth-order valence-corrected chi connectivity index (χ4v) is 3.51. The molecule has 1 fully saturated rings. The monoisotopic (exact) mass is 637 g/mol. The highest BCUT2D eigenvalue weighted by molar-refractivity contribution is 6.03. The molecule has 1 saturated heterocycles. The predicted octanol–water partition coefficient (Wildman–Crippen LogP) is 4.13. The van der Waals surface area contributed by atoms with Crippen LogP contribution in [0.2, 0.25) is 0 Å². The van der Waals surface area contributed by atoms with Crippen molar-refractivity contribution in [3.05, 3.63) is 71.3 Å². The summed E-state index contributed by atoms with van der Waals surface area (Å²) in [5.74, 6) is -6.26. The van der Waals surface area contributed by atoms with Gasteiger partial charge in [-0.15, -0.1) is 0 Å². The normalized spacial score (nSPS) is 13.2. The molecule has 2 heterocycles. The maximum Gasteiger partial charge on any atom is 0.490 e. The molecule has 1 aromatic heterocycles. The second-order valence-electron chi connectivity index (χ2n) is 8.78.